The van der Waals surface area contributed by atoms with Gasteiger partial charge < -0.3 is 56.4 Å². The van der Waals surface area contributed by atoms with Gasteiger partial charge in [0.25, 0.3) is 23.6 Å². The number of aliphatic hydroxyl groups is 2. The van der Waals surface area contributed by atoms with Crippen molar-refractivity contribution < 1.29 is 58.0 Å². The number of fused-ring (bicyclic) bond motifs is 1. The zero-order valence-corrected chi connectivity index (χ0v) is 43.8. The van der Waals surface area contributed by atoms with Crippen LogP contribution in [0.1, 0.15) is 97.2 Å². The molecule has 0 spiro atoms. The van der Waals surface area contributed by atoms with Gasteiger partial charge in [0.1, 0.15) is 35.1 Å². The third-order valence-electron chi connectivity index (χ3n) is 13.5. The van der Waals surface area contributed by atoms with Crippen molar-refractivity contribution in [3.63, 3.8) is 0 Å². The second-order valence-electron chi connectivity index (χ2n) is 20.3. The van der Waals surface area contributed by atoms with Gasteiger partial charge in [0.2, 0.25) is 17.7 Å². The molecule has 4 atom stereocenters. The minimum absolute atomic E-state index is 0.0400. The number of amides is 7. The fraction of sp³-hybridized carbons (Fsp3) is 0.426. The number of hydrogen-bond acceptors (Lipinski definition) is 14. The van der Waals surface area contributed by atoms with E-state index in [1.165, 1.54) is 40.3 Å². The monoisotopic (exact) mass is 1070 g/mol. The fourth-order valence-corrected chi connectivity index (χ4v) is 9.74. The molecule has 2 fully saturated rings. The largest absolute Gasteiger partial charge is 0.507 e. The molecule has 1 saturated carbocycles. The minimum atomic E-state index is -2.03. The third kappa shape index (κ3) is 13.8. The normalized spacial score (nSPS) is 17.9. The Morgan fingerprint density at radius 1 is 1.01 bits per heavy atom. The number of aliphatic hydroxyl groups excluding tert-OH is 2. The highest BCUT2D eigenvalue weighted by Crippen LogP contribution is 2.41. The van der Waals surface area contributed by atoms with E-state index in [1.54, 1.807) is 38.4 Å². The summed E-state index contributed by atoms with van der Waals surface area (Å²) in [6.45, 7) is 6.30. The van der Waals surface area contributed by atoms with Crippen molar-refractivity contribution in [1.29, 1.82) is 5.41 Å². The maximum Gasteiger partial charge on any atom is 0.269 e. The second-order valence-corrected chi connectivity index (χ2v) is 21.2. The van der Waals surface area contributed by atoms with Crippen LogP contribution in [0, 0.1) is 17.7 Å². The number of thiazole rings is 1. The Bertz CT molecular complexity index is 2930. The van der Waals surface area contributed by atoms with Crippen LogP contribution in [0.25, 0.3) is 16.2 Å². The second kappa shape index (κ2) is 23.9. The number of alkyl halides is 1. The molecule has 20 nitrogen and oxygen atoms in total. The van der Waals surface area contributed by atoms with E-state index in [0.29, 0.717) is 12.0 Å². The van der Waals surface area contributed by atoms with Gasteiger partial charge in [-0.15, -0.1) is 11.3 Å². The van der Waals surface area contributed by atoms with Crippen LogP contribution in [0.2, 0.25) is 0 Å². The van der Waals surface area contributed by atoms with E-state index in [2.05, 4.69) is 31.6 Å². The highest BCUT2D eigenvalue weighted by Gasteiger charge is 2.53. The van der Waals surface area contributed by atoms with Crippen molar-refractivity contribution in [3.8, 4) is 21.9 Å². The SMILES string of the molecule is Cc1ncsc1-c1ccc(CNC(=O)[C@@H]2C[C@@H](O)CN2C(=O)[C@@H](NC(=O)C2(F)CC2)C(C)(C)C)c(OCC(=O)NCCC(=O)NCCN(C)C(=O)c2ccc(/C(O)=C/C(=N)C(=O)NC3CCc4ccccc43)cc2O)c1. The van der Waals surface area contributed by atoms with Gasteiger partial charge in [0.15, 0.2) is 12.3 Å². The number of rotatable bonds is 21. The molecule has 3 aliphatic rings. The Morgan fingerprint density at radius 3 is 2.45 bits per heavy atom. The summed E-state index contributed by atoms with van der Waals surface area (Å²) >= 11 is 1.40. The lowest BCUT2D eigenvalue weighted by Crippen LogP contribution is -2.59. The number of nitrogens with one attached hydrogen (secondary N) is 6. The summed E-state index contributed by atoms with van der Waals surface area (Å²) in [6, 6.07) is 14.3. The van der Waals surface area contributed by atoms with Gasteiger partial charge in [-0.2, -0.15) is 0 Å². The predicted molar refractivity (Wildman–Crippen MR) is 280 cm³/mol. The standard InChI is InChI=1S/C54H64FN9O11S/c1-30-46(76-29-60-30)33-10-11-34(26-59-49(71)40-24-35(65)27-64(40)51(73)47(53(2,3)4)62-52(74)54(55)17-18-54)43(23-33)75-28-45(69)57-19-16-44(68)58-20-21-63(5)50(72)37-14-12-32(22-42(37)67)41(66)25-38(56)48(70)61-39-15-13-31-8-6-7-9-36(31)39/h6-12,14,22-23,25,29,35,39-40,47,56,65-67H,13,15-21,24,26-28H2,1-5H3,(H,57,69)(H,58,68)(H,59,71)(H,61,70)(H,62,74)/b41-25-,56-38?/t35-,39?,40+,47-/m1/s1. The first-order valence-electron chi connectivity index (χ1n) is 25.0. The maximum atomic E-state index is 14.6. The average molecular weight is 1070 g/mol. The van der Waals surface area contributed by atoms with Gasteiger partial charge >= 0.3 is 0 Å². The molecule has 22 heteroatoms. The zero-order chi connectivity index (χ0) is 55.1. The molecule has 9 N–H and O–H groups in total. The van der Waals surface area contributed by atoms with Gasteiger partial charge in [0.05, 0.1) is 33.8 Å². The Balaban J connectivity index is 0.862. The molecular weight excluding hydrogens is 1000 g/mol. The molecule has 1 aromatic heterocycles. The van der Waals surface area contributed by atoms with E-state index in [1.807, 2.05) is 37.3 Å². The number of halogens is 1. The van der Waals surface area contributed by atoms with Crippen LogP contribution >= 0.6 is 11.3 Å². The Kier molecular flexibility index (Phi) is 17.6. The number of aromatic nitrogens is 1. The maximum absolute atomic E-state index is 14.6. The molecule has 0 radical (unpaired) electrons. The molecule has 2 aliphatic carbocycles. The molecule has 0 bridgehead atoms. The molecule has 1 saturated heterocycles. The topological polar surface area (TPSA) is 293 Å². The number of nitrogens with zero attached hydrogens (tertiary/aromatic N) is 3. The number of hydrogen-bond donors (Lipinski definition) is 9. The van der Waals surface area contributed by atoms with Crippen LogP contribution in [-0.2, 0) is 41.7 Å². The number of benzene rings is 3. The predicted octanol–water partition coefficient (Wildman–Crippen LogP) is 3.93. The molecule has 2 heterocycles. The van der Waals surface area contributed by atoms with Gasteiger partial charge in [-0.3, -0.25) is 39.0 Å². The summed E-state index contributed by atoms with van der Waals surface area (Å²) < 4.78 is 20.6. The molecule has 404 valence electrons. The van der Waals surface area contributed by atoms with Gasteiger partial charge in [-0.05, 0) is 72.9 Å². The first-order chi connectivity index (χ1) is 36.0. The van der Waals surface area contributed by atoms with Crippen molar-refractivity contribution >= 4 is 64.2 Å². The third-order valence-corrected chi connectivity index (χ3v) is 14.5. The van der Waals surface area contributed by atoms with E-state index < -0.39 is 94.4 Å². The molecule has 3 aromatic carbocycles. The van der Waals surface area contributed by atoms with E-state index in [9.17, 15) is 53.3 Å². The van der Waals surface area contributed by atoms with Crippen molar-refractivity contribution in [2.75, 3.05) is 39.8 Å². The van der Waals surface area contributed by atoms with Gasteiger partial charge in [0, 0.05) is 69.8 Å². The number of phenols is 1. The first kappa shape index (κ1) is 56.0. The smallest absolute Gasteiger partial charge is 0.269 e. The van der Waals surface area contributed by atoms with E-state index in [0.717, 1.165) is 45.8 Å². The summed E-state index contributed by atoms with van der Waals surface area (Å²) in [5.41, 5.74) is 2.42. The van der Waals surface area contributed by atoms with E-state index in [4.69, 9.17) is 10.1 Å². The Labute approximate surface area is 443 Å². The van der Waals surface area contributed by atoms with Crippen LogP contribution < -0.4 is 31.3 Å². The van der Waals surface area contributed by atoms with Gasteiger partial charge in [-0.1, -0.05) is 63.2 Å². The van der Waals surface area contributed by atoms with Crippen molar-refractivity contribution in [2.45, 2.75) is 103 Å². The molecular formula is C54H64FN9O11S. The fourth-order valence-electron chi connectivity index (χ4n) is 8.94. The first-order valence-corrected chi connectivity index (χ1v) is 25.8. The number of aromatic hydroxyl groups is 1. The van der Waals surface area contributed by atoms with E-state index >= 15 is 0 Å². The van der Waals surface area contributed by atoms with Gasteiger partial charge in [-0.25, -0.2) is 9.37 Å². The average Bonchev–Trinajstić information content (AvgIpc) is 3.62. The molecule has 1 unspecified atom stereocenters. The summed E-state index contributed by atoms with van der Waals surface area (Å²) in [6.07, 6.45) is 1.38. The molecule has 7 amide bonds. The summed E-state index contributed by atoms with van der Waals surface area (Å²) in [4.78, 5) is 99.7. The summed E-state index contributed by atoms with van der Waals surface area (Å²) in [5, 5.41) is 53.7. The van der Waals surface area contributed by atoms with Crippen LogP contribution in [0.4, 0.5) is 4.39 Å². The number of phenolic OH excluding ortho intramolecular Hbond substituents is 1. The van der Waals surface area contributed by atoms with Crippen LogP contribution in [-0.4, -0.2) is 141 Å². The number of β-amino-alcohol motifs (C(OH)–C–C–N with tert-alkyl or cyclic N) is 1. The Hall–Kier alpha value is -7.72. The Morgan fingerprint density at radius 2 is 1.75 bits per heavy atom. The van der Waals surface area contributed by atoms with Crippen LogP contribution in [0.15, 0.2) is 72.3 Å². The minimum Gasteiger partial charge on any atom is -0.507 e. The number of ether oxygens (including phenoxy) is 1. The lowest BCUT2D eigenvalue weighted by Gasteiger charge is -2.35. The molecule has 1 aliphatic heterocycles. The quantitative estimate of drug-likeness (QED) is 0.0424. The van der Waals surface area contributed by atoms with Crippen LogP contribution in [0.3, 0.4) is 0 Å². The number of carbonyl (C=O) groups excluding carboxylic acids is 7. The number of aryl methyl sites for hydroxylation is 2. The van der Waals surface area contributed by atoms with Crippen molar-refractivity contribution in [2.24, 2.45) is 5.41 Å². The summed E-state index contributed by atoms with van der Waals surface area (Å²) in [7, 11) is 1.47. The van der Waals surface area contributed by atoms with Crippen molar-refractivity contribution in [3.05, 3.63) is 106 Å². The highest BCUT2D eigenvalue weighted by molar-refractivity contribution is 7.13. The zero-order valence-electron chi connectivity index (χ0n) is 43.0. The number of likely N-dealkylation sites (N-methyl/N-ethyl adjacent to an activating group) is 1. The lowest BCUT2D eigenvalue weighted by molar-refractivity contribution is -0.145. The molecule has 76 heavy (non-hydrogen) atoms. The van der Waals surface area contributed by atoms with Crippen molar-refractivity contribution in [1.82, 2.24) is 41.4 Å². The highest BCUT2D eigenvalue weighted by atomic mass is 32.1. The number of likely N-dealkylation sites (tertiary alicyclic amines) is 1. The molecule has 7 rings (SSSR count). The summed E-state index contributed by atoms with van der Waals surface area (Å²) in [5.74, 6) is -4.97. The molecule has 4 aromatic rings. The van der Waals surface area contributed by atoms with E-state index in [-0.39, 0.29) is 81.3 Å². The van der Waals surface area contributed by atoms with Crippen LogP contribution in [0.5, 0.6) is 11.5 Å². The number of carbonyl (C=O) groups is 7. The lowest BCUT2D eigenvalue weighted by atomic mass is 9.85.